The summed E-state index contributed by atoms with van der Waals surface area (Å²) in [6.07, 6.45) is 9.07. The maximum Gasteiger partial charge on any atom is 0.244 e. The molecule has 4 rings (SSSR count). The summed E-state index contributed by atoms with van der Waals surface area (Å²) in [7, 11) is 0. The monoisotopic (exact) mass is 372 g/mol. The van der Waals surface area contributed by atoms with Crippen LogP contribution in [0.15, 0.2) is 47.1 Å². The Hall–Kier alpha value is -3.48. The highest BCUT2D eigenvalue weighted by Crippen LogP contribution is 2.31. The van der Waals surface area contributed by atoms with E-state index in [1.54, 1.807) is 24.4 Å². The summed E-state index contributed by atoms with van der Waals surface area (Å²) in [5.74, 6) is 9.25. The van der Waals surface area contributed by atoms with E-state index >= 15 is 0 Å². The topological polar surface area (TPSA) is 55.1 Å². The molecule has 0 aliphatic carbocycles. The lowest BCUT2D eigenvalue weighted by atomic mass is 10.2. The van der Waals surface area contributed by atoms with Gasteiger partial charge in [-0.2, -0.15) is 4.98 Å². The van der Waals surface area contributed by atoms with Crippen molar-refractivity contribution < 1.29 is 8.91 Å². The van der Waals surface area contributed by atoms with Crippen molar-refractivity contribution in [2.45, 2.75) is 18.9 Å². The van der Waals surface area contributed by atoms with Crippen LogP contribution in [0.3, 0.4) is 0 Å². The number of nitrogens with zero attached hydrogens (tertiary/aromatic N) is 4. The highest BCUT2D eigenvalue weighted by Gasteiger charge is 2.30. The van der Waals surface area contributed by atoms with Gasteiger partial charge in [-0.3, -0.25) is 9.88 Å². The van der Waals surface area contributed by atoms with Gasteiger partial charge >= 0.3 is 0 Å². The standard InChI is InChI=1S/C22H17FN4O/c1-2-12-27-13-4-7-20(27)22-25-21(26-28-22)19-11-10-17(15-24-19)9-8-16-5-3-6-18(23)14-16/h1,3,5-6,10-11,14-15,20H,4,7,12-13H2. The molecule has 1 aromatic carbocycles. The van der Waals surface area contributed by atoms with Crippen LogP contribution in [0, 0.1) is 30.0 Å². The Morgan fingerprint density at radius 2 is 2.11 bits per heavy atom. The number of benzene rings is 1. The smallest absolute Gasteiger partial charge is 0.244 e. The van der Waals surface area contributed by atoms with Gasteiger partial charge in [-0.15, -0.1) is 6.42 Å². The summed E-state index contributed by atoms with van der Waals surface area (Å²) < 4.78 is 18.7. The van der Waals surface area contributed by atoms with Crippen molar-refractivity contribution >= 4 is 0 Å². The first kappa shape index (κ1) is 17.9. The van der Waals surface area contributed by atoms with Crippen molar-refractivity contribution in [3.63, 3.8) is 0 Å². The van der Waals surface area contributed by atoms with Crippen molar-refractivity contribution in [2.24, 2.45) is 0 Å². The molecular weight excluding hydrogens is 355 g/mol. The molecule has 0 bridgehead atoms. The average Bonchev–Trinajstić information content (AvgIpc) is 3.36. The molecule has 1 fully saturated rings. The molecule has 3 heterocycles. The Bertz CT molecular complexity index is 1070. The highest BCUT2D eigenvalue weighted by molar-refractivity contribution is 5.51. The third kappa shape index (κ3) is 3.93. The van der Waals surface area contributed by atoms with E-state index in [4.69, 9.17) is 10.9 Å². The minimum Gasteiger partial charge on any atom is -0.337 e. The van der Waals surface area contributed by atoms with Crippen LogP contribution in [-0.4, -0.2) is 33.1 Å². The van der Waals surface area contributed by atoms with Crippen LogP contribution < -0.4 is 0 Å². The zero-order valence-corrected chi connectivity index (χ0v) is 15.1. The molecule has 1 aliphatic heterocycles. The molecule has 0 amide bonds. The second kappa shape index (κ2) is 8.04. The zero-order chi connectivity index (χ0) is 19.3. The van der Waals surface area contributed by atoms with Crippen molar-refractivity contribution in [3.05, 3.63) is 65.4 Å². The fourth-order valence-electron chi connectivity index (χ4n) is 3.20. The van der Waals surface area contributed by atoms with Gasteiger partial charge in [0.2, 0.25) is 11.7 Å². The molecule has 5 nitrogen and oxygen atoms in total. The van der Waals surface area contributed by atoms with Crippen molar-refractivity contribution in [2.75, 3.05) is 13.1 Å². The number of likely N-dealkylation sites (tertiary alicyclic amines) is 1. The van der Waals surface area contributed by atoms with Gasteiger partial charge < -0.3 is 4.52 Å². The maximum atomic E-state index is 13.2. The van der Waals surface area contributed by atoms with Gasteiger partial charge in [-0.25, -0.2) is 4.39 Å². The van der Waals surface area contributed by atoms with Gasteiger partial charge in [-0.1, -0.05) is 29.0 Å². The molecule has 3 aromatic rings. The van der Waals surface area contributed by atoms with E-state index in [-0.39, 0.29) is 11.9 Å². The molecule has 1 aliphatic rings. The molecule has 0 spiro atoms. The Morgan fingerprint density at radius 3 is 2.89 bits per heavy atom. The van der Waals surface area contributed by atoms with E-state index in [1.807, 2.05) is 6.07 Å². The van der Waals surface area contributed by atoms with Crippen molar-refractivity contribution in [1.82, 2.24) is 20.0 Å². The highest BCUT2D eigenvalue weighted by atomic mass is 19.1. The molecule has 0 radical (unpaired) electrons. The third-order valence-corrected chi connectivity index (χ3v) is 4.55. The third-order valence-electron chi connectivity index (χ3n) is 4.55. The first-order chi connectivity index (χ1) is 13.7. The largest absolute Gasteiger partial charge is 0.337 e. The molecule has 1 saturated heterocycles. The van der Waals surface area contributed by atoms with Crippen LogP contribution in [0.4, 0.5) is 4.39 Å². The van der Waals surface area contributed by atoms with Gasteiger partial charge in [0.25, 0.3) is 0 Å². The molecule has 138 valence electrons. The van der Waals surface area contributed by atoms with E-state index in [0.29, 0.717) is 35.1 Å². The zero-order valence-electron chi connectivity index (χ0n) is 15.1. The molecule has 1 unspecified atom stereocenters. The lowest BCUT2D eigenvalue weighted by Crippen LogP contribution is -2.23. The molecule has 0 saturated carbocycles. The predicted molar refractivity (Wildman–Crippen MR) is 102 cm³/mol. The number of aromatic nitrogens is 3. The SMILES string of the molecule is C#CCN1CCCC1c1nc(-c2ccc(C#Cc3cccc(F)c3)cn2)no1. The molecule has 1 atom stereocenters. The van der Waals surface area contributed by atoms with Crippen molar-refractivity contribution in [3.8, 4) is 35.7 Å². The van der Waals surface area contributed by atoms with E-state index in [9.17, 15) is 4.39 Å². The average molecular weight is 372 g/mol. The van der Waals surface area contributed by atoms with Gasteiger partial charge in [0.1, 0.15) is 11.5 Å². The van der Waals surface area contributed by atoms with Crippen molar-refractivity contribution in [1.29, 1.82) is 0 Å². The van der Waals surface area contributed by atoms with Crippen LogP contribution >= 0.6 is 0 Å². The summed E-state index contributed by atoms with van der Waals surface area (Å²) >= 11 is 0. The number of pyridine rings is 1. The summed E-state index contributed by atoms with van der Waals surface area (Å²) in [4.78, 5) is 11.0. The Morgan fingerprint density at radius 1 is 1.21 bits per heavy atom. The molecule has 28 heavy (non-hydrogen) atoms. The predicted octanol–water partition coefficient (Wildman–Crippen LogP) is 3.44. The van der Waals surface area contributed by atoms with E-state index in [1.165, 1.54) is 12.1 Å². The van der Waals surface area contributed by atoms with Crippen LogP contribution in [0.1, 0.15) is 35.9 Å². The second-order valence-corrected chi connectivity index (χ2v) is 6.48. The number of halogens is 1. The lowest BCUT2D eigenvalue weighted by Gasteiger charge is -2.17. The lowest BCUT2D eigenvalue weighted by molar-refractivity contribution is 0.228. The van der Waals surface area contributed by atoms with E-state index in [2.05, 4.69) is 37.8 Å². The number of hydrogen-bond acceptors (Lipinski definition) is 5. The summed E-state index contributed by atoms with van der Waals surface area (Å²) in [6.45, 7) is 1.50. The molecule has 6 heteroatoms. The van der Waals surface area contributed by atoms with Crippen LogP contribution in [0.25, 0.3) is 11.5 Å². The molecule has 2 aromatic heterocycles. The Balaban J connectivity index is 1.49. The first-order valence-corrected chi connectivity index (χ1v) is 8.98. The molecular formula is C22H17FN4O. The van der Waals surface area contributed by atoms with Crippen LogP contribution in [0.2, 0.25) is 0 Å². The number of rotatable bonds is 3. The summed E-state index contributed by atoms with van der Waals surface area (Å²) in [5.41, 5.74) is 1.93. The van der Waals surface area contributed by atoms with Crippen LogP contribution in [0.5, 0.6) is 0 Å². The van der Waals surface area contributed by atoms with Gasteiger partial charge in [0.15, 0.2) is 0 Å². The number of hydrogen-bond donors (Lipinski definition) is 0. The van der Waals surface area contributed by atoms with Gasteiger partial charge in [-0.05, 0) is 49.7 Å². The quantitative estimate of drug-likeness (QED) is 0.659. The Kier molecular flexibility index (Phi) is 5.14. The summed E-state index contributed by atoms with van der Waals surface area (Å²) in [6, 6.07) is 9.84. The first-order valence-electron chi connectivity index (χ1n) is 8.98. The molecule has 0 N–H and O–H groups in total. The minimum atomic E-state index is -0.309. The Labute approximate surface area is 162 Å². The van der Waals surface area contributed by atoms with Gasteiger partial charge in [0.05, 0.1) is 12.6 Å². The maximum absolute atomic E-state index is 13.2. The fraction of sp³-hybridized carbons (Fsp3) is 0.227. The van der Waals surface area contributed by atoms with E-state index < -0.39 is 0 Å². The number of terminal acetylenes is 1. The van der Waals surface area contributed by atoms with Crippen LogP contribution in [-0.2, 0) is 0 Å². The fourth-order valence-corrected chi connectivity index (χ4v) is 3.20. The normalized spacial score (nSPS) is 16.4. The van der Waals surface area contributed by atoms with Gasteiger partial charge in [0, 0.05) is 17.3 Å². The van der Waals surface area contributed by atoms with E-state index in [0.717, 1.165) is 19.4 Å². The minimum absolute atomic E-state index is 0.0636. The summed E-state index contributed by atoms with van der Waals surface area (Å²) in [5, 5.41) is 4.05. The second-order valence-electron chi connectivity index (χ2n) is 6.48.